The molecule has 1 saturated carbocycles. The number of nitrogens with zero attached hydrogens (tertiary/aromatic N) is 3. The summed E-state index contributed by atoms with van der Waals surface area (Å²) in [5.74, 6) is 0.0993. The van der Waals surface area contributed by atoms with Crippen molar-refractivity contribution >= 4 is 17.2 Å². The second-order valence-corrected chi connectivity index (χ2v) is 6.87. The molecule has 2 aliphatic rings. The topological polar surface area (TPSA) is 56.7 Å². The molecule has 2 fully saturated rings. The maximum atomic E-state index is 12.3. The number of aromatic nitrogens is 1. The van der Waals surface area contributed by atoms with Gasteiger partial charge in [-0.05, 0) is 26.2 Å². The summed E-state index contributed by atoms with van der Waals surface area (Å²) in [6.07, 6.45) is 4.62. The fourth-order valence-corrected chi connectivity index (χ4v) is 3.97. The van der Waals surface area contributed by atoms with E-state index in [-0.39, 0.29) is 12.0 Å². The summed E-state index contributed by atoms with van der Waals surface area (Å²) in [4.78, 5) is 21.5. The Morgan fingerprint density at radius 3 is 2.65 bits per heavy atom. The molecule has 3 rings (SSSR count). The Kier molecular flexibility index (Phi) is 4.05. The summed E-state index contributed by atoms with van der Waals surface area (Å²) in [6, 6.07) is 0.304. The van der Waals surface area contributed by atoms with Crippen molar-refractivity contribution in [1.82, 2.24) is 14.8 Å². The Balaban J connectivity index is 1.57. The van der Waals surface area contributed by atoms with Crippen LogP contribution in [0.3, 0.4) is 0 Å². The van der Waals surface area contributed by atoms with Gasteiger partial charge in [0.15, 0.2) is 0 Å². The van der Waals surface area contributed by atoms with Crippen molar-refractivity contribution in [3.63, 3.8) is 0 Å². The van der Waals surface area contributed by atoms with E-state index >= 15 is 0 Å². The summed E-state index contributed by atoms with van der Waals surface area (Å²) in [6.45, 7) is 5.15. The lowest BCUT2D eigenvalue weighted by Crippen LogP contribution is -2.53. The van der Waals surface area contributed by atoms with Crippen molar-refractivity contribution in [2.24, 2.45) is 0 Å². The van der Waals surface area contributed by atoms with Crippen LogP contribution in [0.1, 0.15) is 33.9 Å². The minimum absolute atomic E-state index is 0.0993. The Morgan fingerprint density at radius 1 is 1.35 bits per heavy atom. The molecule has 0 radical (unpaired) electrons. The number of hydrogen-bond donors (Lipinski definition) is 1. The molecule has 2 heterocycles. The van der Waals surface area contributed by atoms with E-state index in [1.807, 2.05) is 11.8 Å². The Labute approximate surface area is 123 Å². The van der Waals surface area contributed by atoms with Crippen LogP contribution in [0.2, 0.25) is 0 Å². The summed E-state index contributed by atoms with van der Waals surface area (Å²) in [5.41, 5.74) is 0. The minimum Gasteiger partial charge on any atom is -0.391 e. The van der Waals surface area contributed by atoms with E-state index in [0.29, 0.717) is 6.04 Å². The smallest absolute Gasteiger partial charge is 0.265 e. The lowest BCUT2D eigenvalue weighted by Gasteiger charge is -2.38. The highest BCUT2D eigenvalue weighted by Gasteiger charge is 2.33. The number of amides is 1. The van der Waals surface area contributed by atoms with Crippen LogP contribution < -0.4 is 0 Å². The van der Waals surface area contributed by atoms with Gasteiger partial charge in [0.2, 0.25) is 0 Å². The number of carbonyl (C=O) groups excluding carboxylic acids is 1. The van der Waals surface area contributed by atoms with Gasteiger partial charge < -0.3 is 10.0 Å². The molecule has 1 aromatic rings. The molecule has 0 bridgehead atoms. The third-order valence-electron chi connectivity index (χ3n) is 4.35. The normalized spacial score (nSPS) is 28.0. The predicted molar refractivity (Wildman–Crippen MR) is 78.0 cm³/mol. The van der Waals surface area contributed by atoms with E-state index in [2.05, 4.69) is 9.88 Å². The summed E-state index contributed by atoms with van der Waals surface area (Å²) in [7, 11) is 0. The van der Waals surface area contributed by atoms with Crippen molar-refractivity contribution in [3.05, 3.63) is 16.1 Å². The summed E-state index contributed by atoms with van der Waals surface area (Å²) < 4.78 is 0. The first kappa shape index (κ1) is 14.0. The molecule has 0 unspecified atom stereocenters. The van der Waals surface area contributed by atoms with Crippen molar-refractivity contribution in [2.75, 3.05) is 26.2 Å². The first-order valence-corrected chi connectivity index (χ1v) is 8.10. The molecule has 5 nitrogen and oxygen atoms in total. The fourth-order valence-electron chi connectivity index (χ4n) is 3.22. The van der Waals surface area contributed by atoms with Gasteiger partial charge in [-0.25, -0.2) is 4.98 Å². The van der Waals surface area contributed by atoms with Crippen LogP contribution >= 0.6 is 11.3 Å². The van der Waals surface area contributed by atoms with Gasteiger partial charge in [-0.15, -0.1) is 11.3 Å². The van der Waals surface area contributed by atoms with Crippen LogP contribution in [0.25, 0.3) is 0 Å². The van der Waals surface area contributed by atoms with Crippen molar-refractivity contribution in [1.29, 1.82) is 0 Å². The number of rotatable bonds is 2. The average Bonchev–Trinajstić information content (AvgIpc) is 3.07. The Morgan fingerprint density at radius 2 is 2.10 bits per heavy atom. The summed E-state index contributed by atoms with van der Waals surface area (Å²) in [5, 5.41) is 10.9. The number of hydrogen-bond acceptors (Lipinski definition) is 5. The largest absolute Gasteiger partial charge is 0.391 e. The van der Waals surface area contributed by atoms with Crippen LogP contribution in [-0.2, 0) is 0 Å². The zero-order chi connectivity index (χ0) is 14.1. The van der Waals surface area contributed by atoms with Crippen LogP contribution in [0.4, 0.5) is 0 Å². The van der Waals surface area contributed by atoms with E-state index in [1.54, 1.807) is 6.20 Å². The maximum Gasteiger partial charge on any atom is 0.265 e. The number of aliphatic hydroxyl groups excluding tert-OH is 1. The van der Waals surface area contributed by atoms with Gasteiger partial charge in [-0.1, -0.05) is 0 Å². The van der Waals surface area contributed by atoms with Gasteiger partial charge in [0.25, 0.3) is 5.91 Å². The van der Waals surface area contributed by atoms with Crippen molar-refractivity contribution in [2.45, 2.75) is 38.3 Å². The third kappa shape index (κ3) is 2.73. The molecule has 1 amide bonds. The molecule has 1 N–H and O–H groups in total. The molecule has 110 valence electrons. The number of piperazine rings is 1. The molecule has 2 atom stereocenters. The van der Waals surface area contributed by atoms with Crippen LogP contribution in [0.5, 0.6) is 0 Å². The second kappa shape index (κ2) is 5.79. The zero-order valence-electron chi connectivity index (χ0n) is 11.8. The van der Waals surface area contributed by atoms with E-state index in [0.717, 1.165) is 55.3 Å². The SMILES string of the molecule is Cc1ncc(C(=O)N2CCN([C@@H]3CCC[C@@H]3O)CC2)s1. The highest BCUT2D eigenvalue weighted by atomic mass is 32.1. The molecular formula is C14H21N3O2S. The molecular weight excluding hydrogens is 274 g/mol. The van der Waals surface area contributed by atoms with Gasteiger partial charge in [0.05, 0.1) is 17.3 Å². The van der Waals surface area contributed by atoms with Crippen molar-refractivity contribution in [3.8, 4) is 0 Å². The molecule has 1 aliphatic heterocycles. The summed E-state index contributed by atoms with van der Waals surface area (Å²) >= 11 is 1.46. The number of carbonyl (C=O) groups is 1. The highest BCUT2D eigenvalue weighted by molar-refractivity contribution is 7.13. The quantitative estimate of drug-likeness (QED) is 0.888. The lowest BCUT2D eigenvalue weighted by atomic mass is 10.1. The van der Waals surface area contributed by atoms with Gasteiger partial charge in [-0.2, -0.15) is 0 Å². The molecule has 0 aromatic carbocycles. The molecule has 1 saturated heterocycles. The van der Waals surface area contributed by atoms with Gasteiger partial charge >= 0.3 is 0 Å². The van der Waals surface area contributed by atoms with Crippen LogP contribution in [0.15, 0.2) is 6.20 Å². The van der Waals surface area contributed by atoms with Gasteiger partial charge in [0, 0.05) is 32.2 Å². The van der Waals surface area contributed by atoms with E-state index in [9.17, 15) is 9.90 Å². The monoisotopic (exact) mass is 295 g/mol. The Bertz CT molecular complexity index is 483. The molecule has 0 spiro atoms. The van der Waals surface area contributed by atoms with Gasteiger partial charge in [-0.3, -0.25) is 9.69 Å². The molecule has 20 heavy (non-hydrogen) atoms. The van der Waals surface area contributed by atoms with Crippen molar-refractivity contribution < 1.29 is 9.90 Å². The first-order chi connectivity index (χ1) is 9.65. The van der Waals surface area contributed by atoms with Crippen LogP contribution in [0, 0.1) is 6.92 Å². The predicted octanol–water partition coefficient (Wildman–Crippen LogP) is 1.12. The highest BCUT2D eigenvalue weighted by Crippen LogP contribution is 2.25. The van der Waals surface area contributed by atoms with E-state index < -0.39 is 0 Å². The third-order valence-corrected chi connectivity index (χ3v) is 5.25. The molecule has 1 aliphatic carbocycles. The molecule has 1 aromatic heterocycles. The second-order valence-electron chi connectivity index (χ2n) is 5.64. The Hall–Kier alpha value is -0.980. The standard InChI is InChI=1S/C14H21N3O2S/c1-10-15-9-13(20-10)14(19)17-7-5-16(6-8-17)11-3-2-4-12(11)18/h9,11-12,18H,2-8H2,1H3/t11-,12+/m1/s1. The number of aliphatic hydroxyl groups is 1. The number of thiazole rings is 1. The maximum absolute atomic E-state index is 12.3. The number of aryl methyl sites for hydroxylation is 1. The van der Waals surface area contributed by atoms with Gasteiger partial charge in [0.1, 0.15) is 4.88 Å². The van der Waals surface area contributed by atoms with Crippen LogP contribution in [-0.4, -0.2) is 64.1 Å². The average molecular weight is 295 g/mol. The van der Waals surface area contributed by atoms with E-state index in [1.165, 1.54) is 11.3 Å². The fraction of sp³-hybridized carbons (Fsp3) is 0.714. The zero-order valence-corrected chi connectivity index (χ0v) is 12.6. The van der Waals surface area contributed by atoms with E-state index in [4.69, 9.17) is 0 Å². The minimum atomic E-state index is -0.179. The lowest BCUT2D eigenvalue weighted by molar-refractivity contribution is 0.0317. The first-order valence-electron chi connectivity index (χ1n) is 7.29. The molecule has 6 heteroatoms.